The molecule has 1 aliphatic rings. The van der Waals surface area contributed by atoms with E-state index in [-0.39, 0.29) is 40.9 Å². The van der Waals surface area contributed by atoms with Gasteiger partial charge in [-0.15, -0.1) is 0 Å². The first-order valence-corrected chi connectivity index (χ1v) is 5.98. The van der Waals surface area contributed by atoms with Crippen LogP contribution in [0.1, 0.15) is 11.1 Å². The van der Waals surface area contributed by atoms with E-state index in [1.165, 1.54) is 0 Å². The Labute approximate surface area is 144 Å². The van der Waals surface area contributed by atoms with Crippen molar-refractivity contribution in [3.8, 4) is 0 Å². The zero-order valence-corrected chi connectivity index (χ0v) is 10.6. The van der Waals surface area contributed by atoms with E-state index >= 15 is 0 Å². The van der Waals surface area contributed by atoms with Crippen molar-refractivity contribution in [2.75, 3.05) is 0 Å². The maximum atomic E-state index is 12.3. The number of hydrogen-bond acceptors (Lipinski definition) is 2. The Hall–Kier alpha value is -1.66. The number of rotatable bonds is 2. The van der Waals surface area contributed by atoms with Gasteiger partial charge in [-0.2, -0.15) is 0 Å². The fourth-order valence-electron chi connectivity index (χ4n) is 2.40. The molecule has 0 saturated carbocycles. The van der Waals surface area contributed by atoms with E-state index in [1.54, 1.807) is 0 Å². The molecule has 104 valence electrons. The SMILES string of the molecule is O.O=C1NC(=O)C(c2ccccc2)(c2ccccc2)N1.[NaH]. The van der Waals surface area contributed by atoms with Gasteiger partial charge in [0.05, 0.1) is 0 Å². The summed E-state index contributed by atoms with van der Waals surface area (Å²) >= 11 is 0. The van der Waals surface area contributed by atoms with Crippen LogP contribution in [0.5, 0.6) is 0 Å². The van der Waals surface area contributed by atoms with Gasteiger partial charge < -0.3 is 10.8 Å². The first-order chi connectivity index (χ1) is 9.23. The van der Waals surface area contributed by atoms with Gasteiger partial charge in [0.1, 0.15) is 0 Å². The third-order valence-corrected chi connectivity index (χ3v) is 3.28. The Morgan fingerprint density at radius 2 is 1.19 bits per heavy atom. The summed E-state index contributed by atoms with van der Waals surface area (Å²) in [6, 6.07) is 18.0. The molecule has 1 aliphatic heterocycles. The summed E-state index contributed by atoms with van der Waals surface area (Å²) in [4.78, 5) is 23.9. The molecule has 1 saturated heterocycles. The molecule has 0 aliphatic carbocycles. The molecule has 4 N–H and O–H groups in total. The predicted octanol–water partition coefficient (Wildman–Crippen LogP) is 0.296. The van der Waals surface area contributed by atoms with Gasteiger partial charge in [-0.1, -0.05) is 60.7 Å². The van der Waals surface area contributed by atoms with Crippen molar-refractivity contribution >= 4 is 41.5 Å². The number of benzene rings is 2. The first kappa shape index (κ1) is 17.4. The average Bonchev–Trinajstić information content (AvgIpc) is 2.76. The Morgan fingerprint density at radius 1 is 0.762 bits per heavy atom. The number of hydrogen-bond donors (Lipinski definition) is 2. The van der Waals surface area contributed by atoms with Crippen molar-refractivity contribution in [2.45, 2.75) is 5.54 Å². The van der Waals surface area contributed by atoms with E-state index in [2.05, 4.69) is 10.6 Å². The summed E-state index contributed by atoms with van der Waals surface area (Å²) in [5.74, 6) is -0.352. The van der Waals surface area contributed by atoms with Crippen molar-refractivity contribution < 1.29 is 15.1 Å². The molecule has 3 rings (SSSR count). The second kappa shape index (κ2) is 6.87. The zero-order chi connectivity index (χ0) is 13.3. The molecule has 0 spiro atoms. The van der Waals surface area contributed by atoms with Crippen LogP contribution in [0.25, 0.3) is 0 Å². The molecule has 21 heavy (non-hydrogen) atoms. The van der Waals surface area contributed by atoms with E-state index in [9.17, 15) is 9.59 Å². The van der Waals surface area contributed by atoms with Crippen molar-refractivity contribution in [2.24, 2.45) is 0 Å². The molecule has 6 heteroatoms. The predicted molar refractivity (Wildman–Crippen MR) is 81.1 cm³/mol. The van der Waals surface area contributed by atoms with Crippen LogP contribution in [0.2, 0.25) is 0 Å². The number of urea groups is 1. The minimum atomic E-state index is -1.14. The molecular weight excluding hydrogens is 279 g/mol. The number of carbonyl (C=O) groups is 2. The molecular formula is C15H15N2NaO3. The summed E-state index contributed by atoms with van der Waals surface area (Å²) in [5.41, 5.74) is 0.341. The summed E-state index contributed by atoms with van der Waals surface area (Å²) in [6.07, 6.45) is 0. The number of nitrogens with one attached hydrogen (secondary N) is 2. The van der Waals surface area contributed by atoms with Gasteiger partial charge in [0.25, 0.3) is 5.91 Å². The maximum absolute atomic E-state index is 12.3. The third kappa shape index (κ3) is 2.87. The Bertz CT molecular complexity index is 592. The van der Waals surface area contributed by atoms with Crippen LogP contribution in [0.15, 0.2) is 60.7 Å². The van der Waals surface area contributed by atoms with E-state index in [0.29, 0.717) is 0 Å². The summed E-state index contributed by atoms with van der Waals surface area (Å²) in [5, 5.41) is 5.07. The van der Waals surface area contributed by atoms with Gasteiger partial charge in [0.2, 0.25) is 0 Å². The summed E-state index contributed by atoms with van der Waals surface area (Å²) in [6.45, 7) is 0. The Morgan fingerprint density at radius 3 is 1.52 bits per heavy atom. The molecule has 0 atom stereocenters. The topological polar surface area (TPSA) is 89.7 Å². The van der Waals surface area contributed by atoms with E-state index in [0.717, 1.165) is 11.1 Å². The molecule has 0 radical (unpaired) electrons. The number of carbonyl (C=O) groups excluding carboxylic acids is 2. The van der Waals surface area contributed by atoms with Crippen LogP contribution in [-0.4, -0.2) is 47.0 Å². The zero-order valence-electron chi connectivity index (χ0n) is 10.6. The Kier molecular flexibility index (Phi) is 5.69. The van der Waals surface area contributed by atoms with E-state index in [1.807, 2.05) is 60.7 Å². The van der Waals surface area contributed by atoms with Crippen LogP contribution in [0.4, 0.5) is 4.79 Å². The normalized spacial score (nSPS) is 15.2. The van der Waals surface area contributed by atoms with Gasteiger partial charge >= 0.3 is 35.6 Å². The van der Waals surface area contributed by atoms with Gasteiger partial charge in [-0.3, -0.25) is 10.1 Å². The molecule has 0 aromatic heterocycles. The molecule has 1 heterocycles. The number of amides is 3. The molecule has 2 aromatic carbocycles. The molecule has 2 aromatic rings. The number of imide groups is 1. The van der Waals surface area contributed by atoms with Crippen molar-refractivity contribution in [1.29, 1.82) is 0 Å². The van der Waals surface area contributed by atoms with E-state index in [4.69, 9.17) is 0 Å². The average molecular weight is 294 g/mol. The first-order valence-electron chi connectivity index (χ1n) is 5.98. The van der Waals surface area contributed by atoms with Crippen molar-refractivity contribution in [3.63, 3.8) is 0 Å². The van der Waals surface area contributed by atoms with Crippen LogP contribution < -0.4 is 10.6 Å². The summed E-state index contributed by atoms with van der Waals surface area (Å²) in [7, 11) is 0. The van der Waals surface area contributed by atoms with Crippen LogP contribution >= 0.6 is 0 Å². The molecule has 1 fully saturated rings. The second-order valence-electron chi connectivity index (χ2n) is 4.39. The molecule has 5 nitrogen and oxygen atoms in total. The Balaban J connectivity index is 0.00000110. The fraction of sp³-hybridized carbons (Fsp3) is 0.0667. The van der Waals surface area contributed by atoms with Gasteiger partial charge in [-0.05, 0) is 11.1 Å². The minimum absolute atomic E-state index is 0. The van der Waals surface area contributed by atoms with Crippen molar-refractivity contribution in [3.05, 3.63) is 71.8 Å². The van der Waals surface area contributed by atoms with Crippen LogP contribution in [-0.2, 0) is 10.3 Å². The molecule has 0 unspecified atom stereocenters. The van der Waals surface area contributed by atoms with E-state index < -0.39 is 11.6 Å². The quantitative estimate of drug-likeness (QED) is 0.616. The summed E-state index contributed by atoms with van der Waals surface area (Å²) < 4.78 is 0. The standard InChI is InChI=1S/C15H12N2O2.Na.H2O.H/c18-13-15(17-14(19)16-13,11-7-3-1-4-8-11)12-9-5-2-6-10-12;;;/h1-10H,(H2,16,17,18,19);;1H2;. The van der Waals surface area contributed by atoms with Gasteiger partial charge in [0.15, 0.2) is 5.54 Å². The third-order valence-electron chi connectivity index (χ3n) is 3.28. The van der Waals surface area contributed by atoms with Gasteiger partial charge in [0, 0.05) is 0 Å². The molecule has 3 amide bonds. The molecule has 0 bridgehead atoms. The van der Waals surface area contributed by atoms with Gasteiger partial charge in [-0.25, -0.2) is 4.79 Å². The monoisotopic (exact) mass is 294 g/mol. The van der Waals surface area contributed by atoms with Crippen LogP contribution in [0.3, 0.4) is 0 Å². The van der Waals surface area contributed by atoms with Crippen molar-refractivity contribution in [1.82, 2.24) is 10.6 Å². The fourth-order valence-corrected chi connectivity index (χ4v) is 2.40. The second-order valence-corrected chi connectivity index (χ2v) is 4.39. The van der Waals surface area contributed by atoms with Crippen LogP contribution in [0, 0.1) is 0 Å².